The zero-order chi connectivity index (χ0) is 15.0. The number of hydrogen-bond donors (Lipinski definition) is 2. The number of thiocarbonyl (C=S) groups is 1. The van der Waals surface area contributed by atoms with Gasteiger partial charge < -0.3 is 15.4 Å². The van der Waals surface area contributed by atoms with Gasteiger partial charge in [-0.15, -0.1) is 0 Å². The van der Waals surface area contributed by atoms with Gasteiger partial charge in [0.25, 0.3) is 0 Å². The maximum Gasteiger partial charge on any atom is 0.305 e. The van der Waals surface area contributed by atoms with Gasteiger partial charge in [0, 0.05) is 18.7 Å². The number of methoxy groups -OCH3 is 1. The first-order chi connectivity index (χ1) is 9.54. The number of carbonyl (C=O) groups excluding carboxylic acids is 1. The molecule has 0 heterocycles. The topological polar surface area (TPSA) is 50.4 Å². The van der Waals surface area contributed by atoms with Gasteiger partial charge >= 0.3 is 5.97 Å². The Labute approximate surface area is 125 Å². The summed E-state index contributed by atoms with van der Waals surface area (Å²) in [6.45, 7) is 4.94. The SMILES string of the molecule is COC(=O)CCCNC(=S)Nc1ccccc1C(C)C. The van der Waals surface area contributed by atoms with Crippen LogP contribution in [0.15, 0.2) is 24.3 Å². The Bertz CT molecular complexity index is 461. The van der Waals surface area contributed by atoms with Gasteiger partial charge in [-0.05, 0) is 36.2 Å². The molecule has 1 aromatic carbocycles. The molecule has 0 amide bonds. The Morgan fingerprint density at radius 1 is 1.35 bits per heavy atom. The molecular weight excluding hydrogens is 272 g/mol. The van der Waals surface area contributed by atoms with E-state index in [9.17, 15) is 4.79 Å². The van der Waals surface area contributed by atoms with Crippen molar-refractivity contribution in [2.24, 2.45) is 0 Å². The molecule has 0 unspecified atom stereocenters. The molecule has 0 aliphatic rings. The highest BCUT2D eigenvalue weighted by molar-refractivity contribution is 7.80. The van der Waals surface area contributed by atoms with Crippen molar-refractivity contribution in [1.82, 2.24) is 5.32 Å². The number of nitrogens with one attached hydrogen (secondary N) is 2. The smallest absolute Gasteiger partial charge is 0.305 e. The normalized spacial score (nSPS) is 10.2. The largest absolute Gasteiger partial charge is 0.469 e. The lowest BCUT2D eigenvalue weighted by Crippen LogP contribution is -2.30. The first-order valence-electron chi connectivity index (χ1n) is 6.75. The van der Waals surface area contributed by atoms with Crippen molar-refractivity contribution in [3.63, 3.8) is 0 Å². The Kier molecular flexibility index (Phi) is 7.01. The molecule has 2 N–H and O–H groups in total. The average molecular weight is 294 g/mol. The van der Waals surface area contributed by atoms with Crippen molar-refractivity contribution in [2.75, 3.05) is 19.0 Å². The van der Waals surface area contributed by atoms with E-state index in [1.165, 1.54) is 12.7 Å². The van der Waals surface area contributed by atoms with E-state index in [1.807, 2.05) is 18.2 Å². The van der Waals surface area contributed by atoms with Crippen LogP contribution >= 0.6 is 12.2 Å². The summed E-state index contributed by atoms with van der Waals surface area (Å²) in [5.41, 5.74) is 2.25. The minimum absolute atomic E-state index is 0.198. The number of esters is 1. The van der Waals surface area contributed by atoms with Crippen LogP contribution in [0.3, 0.4) is 0 Å². The minimum Gasteiger partial charge on any atom is -0.469 e. The highest BCUT2D eigenvalue weighted by atomic mass is 32.1. The Hall–Kier alpha value is -1.62. The zero-order valence-electron chi connectivity index (χ0n) is 12.2. The minimum atomic E-state index is -0.198. The fourth-order valence-corrected chi connectivity index (χ4v) is 2.03. The van der Waals surface area contributed by atoms with Gasteiger partial charge in [-0.1, -0.05) is 32.0 Å². The second-order valence-electron chi connectivity index (χ2n) is 4.80. The molecule has 0 spiro atoms. The average Bonchev–Trinajstić information content (AvgIpc) is 2.43. The molecule has 0 aromatic heterocycles. The summed E-state index contributed by atoms with van der Waals surface area (Å²) in [6.07, 6.45) is 1.09. The first-order valence-corrected chi connectivity index (χ1v) is 7.16. The van der Waals surface area contributed by atoms with Crippen LogP contribution in [0.1, 0.15) is 38.2 Å². The third-order valence-electron chi connectivity index (χ3n) is 2.90. The molecule has 1 rings (SSSR count). The number of hydrogen-bond acceptors (Lipinski definition) is 3. The van der Waals surface area contributed by atoms with Crippen LogP contribution in [0.2, 0.25) is 0 Å². The molecule has 5 heteroatoms. The summed E-state index contributed by atoms with van der Waals surface area (Å²) in [4.78, 5) is 11.0. The van der Waals surface area contributed by atoms with Crippen molar-refractivity contribution in [1.29, 1.82) is 0 Å². The summed E-state index contributed by atoms with van der Waals surface area (Å²) in [5, 5.41) is 6.86. The van der Waals surface area contributed by atoms with Crippen molar-refractivity contribution >= 4 is 29.0 Å². The van der Waals surface area contributed by atoms with Crippen LogP contribution in [0, 0.1) is 0 Å². The highest BCUT2D eigenvalue weighted by Gasteiger charge is 2.07. The third kappa shape index (κ3) is 5.57. The van der Waals surface area contributed by atoms with Gasteiger partial charge in [-0.2, -0.15) is 0 Å². The second kappa shape index (κ2) is 8.53. The number of carbonyl (C=O) groups is 1. The molecule has 0 radical (unpaired) electrons. The number of benzene rings is 1. The Morgan fingerprint density at radius 2 is 2.05 bits per heavy atom. The van der Waals surface area contributed by atoms with Gasteiger partial charge in [0.15, 0.2) is 5.11 Å². The van der Waals surface area contributed by atoms with E-state index in [2.05, 4.69) is 35.3 Å². The molecule has 0 atom stereocenters. The standard InChI is InChI=1S/C15H22N2O2S/c1-11(2)12-7-4-5-8-13(12)17-15(20)16-10-6-9-14(18)19-3/h4-5,7-8,11H,6,9-10H2,1-3H3,(H2,16,17,20). The van der Waals surface area contributed by atoms with E-state index in [0.717, 1.165) is 5.69 Å². The van der Waals surface area contributed by atoms with E-state index in [1.54, 1.807) is 0 Å². The Balaban J connectivity index is 2.41. The zero-order valence-corrected chi connectivity index (χ0v) is 13.0. The lowest BCUT2D eigenvalue weighted by molar-refractivity contribution is -0.140. The van der Waals surface area contributed by atoms with Crippen LogP contribution in [0.5, 0.6) is 0 Å². The molecular formula is C15H22N2O2S. The molecule has 0 aliphatic heterocycles. The monoisotopic (exact) mass is 294 g/mol. The van der Waals surface area contributed by atoms with Crippen molar-refractivity contribution in [3.05, 3.63) is 29.8 Å². The van der Waals surface area contributed by atoms with Crippen molar-refractivity contribution in [3.8, 4) is 0 Å². The molecule has 0 aliphatic carbocycles. The molecule has 0 fully saturated rings. The maximum atomic E-state index is 11.0. The molecule has 1 aromatic rings. The van der Waals surface area contributed by atoms with Crippen molar-refractivity contribution in [2.45, 2.75) is 32.6 Å². The quantitative estimate of drug-likeness (QED) is 0.480. The summed E-state index contributed by atoms with van der Waals surface area (Å²) in [6, 6.07) is 8.10. The first kappa shape index (κ1) is 16.4. The predicted octanol–water partition coefficient (Wildman–Crippen LogP) is 3.05. The van der Waals surface area contributed by atoms with Gasteiger partial charge in [0.05, 0.1) is 7.11 Å². The van der Waals surface area contributed by atoms with E-state index < -0.39 is 0 Å². The molecule has 0 saturated heterocycles. The number of para-hydroxylation sites is 1. The third-order valence-corrected chi connectivity index (χ3v) is 3.15. The van der Waals surface area contributed by atoms with Crippen LogP contribution in [0.25, 0.3) is 0 Å². The lowest BCUT2D eigenvalue weighted by Gasteiger charge is -2.15. The molecule has 4 nitrogen and oxygen atoms in total. The number of rotatable bonds is 6. The summed E-state index contributed by atoms with van der Waals surface area (Å²) < 4.78 is 4.58. The highest BCUT2D eigenvalue weighted by Crippen LogP contribution is 2.23. The molecule has 20 heavy (non-hydrogen) atoms. The Morgan fingerprint density at radius 3 is 2.70 bits per heavy atom. The van der Waals surface area contributed by atoms with Gasteiger partial charge in [-0.3, -0.25) is 4.79 Å². The van der Waals surface area contributed by atoms with Gasteiger partial charge in [0.1, 0.15) is 0 Å². The van der Waals surface area contributed by atoms with Crippen LogP contribution in [-0.4, -0.2) is 24.7 Å². The van der Waals surface area contributed by atoms with Gasteiger partial charge in [-0.25, -0.2) is 0 Å². The fourth-order valence-electron chi connectivity index (χ4n) is 1.82. The van der Waals surface area contributed by atoms with E-state index in [0.29, 0.717) is 30.4 Å². The summed E-state index contributed by atoms with van der Waals surface area (Å²) in [5.74, 6) is 0.233. The van der Waals surface area contributed by atoms with Crippen LogP contribution in [0.4, 0.5) is 5.69 Å². The molecule has 0 bridgehead atoms. The molecule has 0 saturated carbocycles. The summed E-state index contributed by atoms with van der Waals surface area (Å²) in [7, 11) is 1.39. The molecule has 110 valence electrons. The lowest BCUT2D eigenvalue weighted by atomic mass is 10.0. The van der Waals surface area contributed by atoms with Crippen LogP contribution in [-0.2, 0) is 9.53 Å². The van der Waals surface area contributed by atoms with E-state index in [4.69, 9.17) is 12.2 Å². The van der Waals surface area contributed by atoms with Crippen molar-refractivity contribution < 1.29 is 9.53 Å². The number of anilines is 1. The van der Waals surface area contributed by atoms with E-state index in [-0.39, 0.29) is 5.97 Å². The summed E-state index contributed by atoms with van der Waals surface area (Å²) >= 11 is 5.25. The maximum absolute atomic E-state index is 11.0. The number of ether oxygens (including phenoxy) is 1. The van der Waals surface area contributed by atoms with E-state index >= 15 is 0 Å². The van der Waals surface area contributed by atoms with Gasteiger partial charge in [0.2, 0.25) is 0 Å². The van der Waals surface area contributed by atoms with Crippen LogP contribution < -0.4 is 10.6 Å². The predicted molar refractivity (Wildman–Crippen MR) is 86.0 cm³/mol. The fraction of sp³-hybridized carbons (Fsp3) is 0.467. The second-order valence-corrected chi connectivity index (χ2v) is 5.21.